The first-order valence-corrected chi connectivity index (χ1v) is 3.48. The number of Topliss-reactive ketones (excluding diaryl/α,β-unsaturated/α-hetero) is 1. The molecule has 0 spiro atoms. The van der Waals surface area contributed by atoms with Gasteiger partial charge in [-0.25, -0.2) is 0 Å². The summed E-state index contributed by atoms with van der Waals surface area (Å²) in [6.45, 7) is -0.413. The van der Waals surface area contributed by atoms with E-state index in [1.54, 1.807) is 24.3 Å². The Hall–Kier alpha value is -0.671. The van der Waals surface area contributed by atoms with Crippen molar-refractivity contribution in [1.82, 2.24) is 0 Å². The van der Waals surface area contributed by atoms with Gasteiger partial charge in [-0.15, -0.1) is 0 Å². The van der Waals surface area contributed by atoms with Crippen LogP contribution in [-0.4, -0.2) is 29.7 Å². The Kier molecular flexibility index (Phi) is 10.7. The molecule has 0 saturated heterocycles. The molecule has 0 bridgehead atoms. The van der Waals surface area contributed by atoms with Gasteiger partial charge in [0, 0.05) is 29.7 Å². The minimum absolute atomic E-state index is 0. The number of aliphatic hydroxyl groups is 2. The maximum absolute atomic E-state index is 10.8. The standard InChI is InChI=1S/C8H8O2.CH4O.Cu/c9-6-8(10)7-4-2-1-3-5-7;1-2;/h1-5,9H,6H2;2H,1H3;. The van der Waals surface area contributed by atoms with Gasteiger partial charge in [0.05, 0.1) is 0 Å². The number of carbonyl (C=O) groups excluding carboxylic acids is 1. The zero-order chi connectivity index (χ0) is 9.40. The number of ketones is 1. The summed E-state index contributed by atoms with van der Waals surface area (Å²) in [5.41, 5.74) is 0.560. The molecule has 2 N–H and O–H groups in total. The van der Waals surface area contributed by atoms with Crippen molar-refractivity contribution in [2.75, 3.05) is 13.7 Å². The van der Waals surface area contributed by atoms with Gasteiger partial charge < -0.3 is 10.2 Å². The molecule has 13 heavy (non-hydrogen) atoms. The monoisotopic (exact) mass is 231 g/mol. The van der Waals surface area contributed by atoms with Crippen LogP contribution >= 0.6 is 0 Å². The predicted octanol–water partition coefficient (Wildman–Crippen LogP) is 0.468. The molecular formula is C9H12CuO3. The Morgan fingerprint density at radius 3 is 2.08 bits per heavy atom. The molecule has 0 aliphatic heterocycles. The van der Waals surface area contributed by atoms with E-state index in [2.05, 4.69) is 0 Å². The molecule has 0 atom stereocenters. The molecular weight excluding hydrogens is 220 g/mol. The molecule has 0 aliphatic rings. The molecule has 1 radical (unpaired) electrons. The van der Waals surface area contributed by atoms with E-state index in [0.29, 0.717) is 5.56 Å². The summed E-state index contributed by atoms with van der Waals surface area (Å²) in [4.78, 5) is 10.8. The molecule has 1 aromatic rings. The smallest absolute Gasteiger partial charge is 0.188 e. The molecule has 0 fully saturated rings. The van der Waals surface area contributed by atoms with Crippen molar-refractivity contribution in [2.24, 2.45) is 0 Å². The number of hydrogen-bond donors (Lipinski definition) is 2. The van der Waals surface area contributed by atoms with Gasteiger partial charge in [0.15, 0.2) is 5.78 Å². The molecule has 0 amide bonds. The van der Waals surface area contributed by atoms with Crippen molar-refractivity contribution >= 4 is 5.78 Å². The van der Waals surface area contributed by atoms with Gasteiger partial charge in [-0.1, -0.05) is 30.3 Å². The van der Waals surface area contributed by atoms with Crippen LogP contribution < -0.4 is 0 Å². The molecule has 0 saturated carbocycles. The quantitative estimate of drug-likeness (QED) is 0.575. The Balaban J connectivity index is 0. The molecule has 77 valence electrons. The zero-order valence-electron chi connectivity index (χ0n) is 7.20. The van der Waals surface area contributed by atoms with Crippen molar-refractivity contribution in [2.45, 2.75) is 0 Å². The largest absolute Gasteiger partial charge is 0.400 e. The Bertz CT molecular complexity index is 224. The Labute approximate surface area is 87.9 Å². The third-order valence-electron chi connectivity index (χ3n) is 1.24. The maximum Gasteiger partial charge on any atom is 0.188 e. The van der Waals surface area contributed by atoms with Gasteiger partial charge in [0.1, 0.15) is 6.61 Å². The number of aliphatic hydroxyl groups excluding tert-OH is 2. The van der Waals surface area contributed by atoms with E-state index in [-0.39, 0.29) is 22.9 Å². The molecule has 0 unspecified atom stereocenters. The maximum atomic E-state index is 10.8. The van der Waals surface area contributed by atoms with Crippen LogP contribution in [0.1, 0.15) is 10.4 Å². The first kappa shape index (κ1) is 14.8. The van der Waals surface area contributed by atoms with Crippen LogP contribution in [0.4, 0.5) is 0 Å². The van der Waals surface area contributed by atoms with Crippen molar-refractivity contribution < 1.29 is 32.1 Å². The Morgan fingerprint density at radius 1 is 1.23 bits per heavy atom. The van der Waals surface area contributed by atoms with Crippen molar-refractivity contribution in [3.63, 3.8) is 0 Å². The van der Waals surface area contributed by atoms with Crippen LogP contribution in [0, 0.1) is 0 Å². The van der Waals surface area contributed by atoms with Gasteiger partial charge in [-0.2, -0.15) is 0 Å². The van der Waals surface area contributed by atoms with E-state index < -0.39 is 6.61 Å². The number of carbonyl (C=O) groups is 1. The van der Waals surface area contributed by atoms with Crippen molar-refractivity contribution in [1.29, 1.82) is 0 Å². The van der Waals surface area contributed by atoms with E-state index >= 15 is 0 Å². The van der Waals surface area contributed by atoms with E-state index in [4.69, 9.17) is 10.2 Å². The van der Waals surface area contributed by atoms with Gasteiger partial charge in [0.2, 0.25) is 0 Å². The molecule has 4 heteroatoms. The van der Waals surface area contributed by atoms with E-state index in [9.17, 15) is 4.79 Å². The van der Waals surface area contributed by atoms with Gasteiger partial charge in [-0.3, -0.25) is 4.79 Å². The molecule has 1 rings (SSSR count). The van der Waals surface area contributed by atoms with Crippen LogP contribution in [0.2, 0.25) is 0 Å². The summed E-state index contributed by atoms with van der Waals surface area (Å²) in [7, 11) is 1.00. The molecule has 0 heterocycles. The van der Waals surface area contributed by atoms with Crippen LogP contribution in [0.15, 0.2) is 30.3 Å². The molecule has 0 aliphatic carbocycles. The molecule has 1 aromatic carbocycles. The van der Waals surface area contributed by atoms with Crippen LogP contribution in [0.25, 0.3) is 0 Å². The van der Waals surface area contributed by atoms with E-state index in [0.717, 1.165) is 7.11 Å². The van der Waals surface area contributed by atoms with Gasteiger partial charge in [-0.05, 0) is 0 Å². The third kappa shape index (κ3) is 5.55. The SMILES string of the molecule is CO.O=C(CO)c1ccccc1.[Cu]. The fourth-order valence-electron chi connectivity index (χ4n) is 0.715. The first-order valence-electron chi connectivity index (χ1n) is 3.48. The second-order valence-corrected chi connectivity index (χ2v) is 1.95. The summed E-state index contributed by atoms with van der Waals surface area (Å²) < 4.78 is 0. The third-order valence-corrected chi connectivity index (χ3v) is 1.24. The fraction of sp³-hybridized carbons (Fsp3) is 0.222. The topological polar surface area (TPSA) is 57.5 Å². The minimum Gasteiger partial charge on any atom is -0.400 e. The average molecular weight is 232 g/mol. The van der Waals surface area contributed by atoms with Crippen molar-refractivity contribution in [3.05, 3.63) is 35.9 Å². The number of rotatable bonds is 2. The average Bonchev–Trinajstić information content (AvgIpc) is 2.21. The van der Waals surface area contributed by atoms with Crippen LogP contribution in [0.3, 0.4) is 0 Å². The van der Waals surface area contributed by atoms with Crippen molar-refractivity contribution in [3.8, 4) is 0 Å². The van der Waals surface area contributed by atoms with E-state index in [1.165, 1.54) is 0 Å². The van der Waals surface area contributed by atoms with Crippen LogP contribution in [-0.2, 0) is 17.1 Å². The van der Waals surface area contributed by atoms with Crippen LogP contribution in [0.5, 0.6) is 0 Å². The van der Waals surface area contributed by atoms with Gasteiger partial charge in [0.25, 0.3) is 0 Å². The normalized spacial score (nSPS) is 7.62. The first-order chi connectivity index (χ1) is 5.84. The second-order valence-electron chi connectivity index (χ2n) is 1.95. The zero-order valence-corrected chi connectivity index (χ0v) is 8.14. The summed E-state index contributed by atoms with van der Waals surface area (Å²) in [5, 5.41) is 15.4. The molecule has 3 nitrogen and oxygen atoms in total. The minimum atomic E-state index is -0.413. The summed E-state index contributed by atoms with van der Waals surface area (Å²) in [5.74, 6) is -0.236. The summed E-state index contributed by atoms with van der Waals surface area (Å²) in [6, 6.07) is 8.72. The molecule has 0 aromatic heterocycles. The van der Waals surface area contributed by atoms with E-state index in [1.807, 2.05) is 6.07 Å². The second kappa shape index (κ2) is 9.42. The predicted molar refractivity (Wildman–Crippen MR) is 46.0 cm³/mol. The Morgan fingerprint density at radius 2 is 1.69 bits per heavy atom. The van der Waals surface area contributed by atoms with Gasteiger partial charge >= 0.3 is 0 Å². The summed E-state index contributed by atoms with van der Waals surface area (Å²) in [6.07, 6.45) is 0. The number of benzene rings is 1. The number of hydrogen-bond acceptors (Lipinski definition) is 3. The summed E-state index contributed by atoms with van der Waals surface area (Å²) >= 11 is 0. The fourth-order valence-corrected chi connectivity index (χ4v) is 0.715.